The number of anilines is 1. The summed E-state index contributed by atoms with van der Waals surface area (Å²) in [6, 6.07) is 14.4. The number of piperazine rings is 1. The summed E-state index contributed by atoms with van der Waals surface area (Å²) in [6.45, 7) is -4.65. The summed E-state index contributed by atoms with van der Waals surface area (Å²) < 4.78 is 33.5. The standard InChI is InChI=1S/C17H17N3O/c21-18-19-9-10-20-16-8-4-2-6-14(16)11-13-5-1-3-7-15(13)17(20)12-19/h1-8,17H,9-12H2/i9D2,12D2. The summed E-state index contributed by atoms with van der Waals surface area (Å²) in [4.78, 5) is 13.0. The van der Waals surface area contributed by atoms with Crippen molar-refractivity contribution >= 4 is 5.69 Å². The van der Waals surface area contributed by atoms with Crippen molar-refractivity contribution in [1.82, 2.24) is 5.01 Å². The second kappa shape index (κ2) is 4.88. The normalized spacial score (nSPS) is 27.7. The van der Waals surface area contributed by atoms with Crippen LogP contribution in [0.25, 0.3) is 0 Å². The molecule has 1 saturated heterocycles. The summed E-state index contributed by atoms with van der Waals surface area (Å²) in [5.41, 5.74) is 3.53. The smallest absolute Gasteiger partial charge is 0.0739 e. The van der Waals surface area contributed by atoms with Crippen molar-refractivity contribution < 1.29 is 5.48 Å². The predicted molar refractivity (Wildman–Crippen MR) is 83.1 cm³/mol. The van der Waals surface area contributed by atoms with Gasteiger partial charge in [0, 0.05) is 12.2 Å². The zero-order chi connectivity index (χ0) is 17.8. The number of rotatable bonds is 1. The topological polar surface area (TPSA) is 35.9 Å². The molecule has 0 radical (unpaired) electrons. The van der Waals surface area contributed by atoms with E-state index in [1.54, 1.807) is 4.90 Å². The Morgan fingerprint density at radius 3 is 2.71 bits per heavy atom. The number of para-hydroxylation sites is 1. The lowest BCUT2D eigenvalue weighted by Crippen LogP contribution is -2.46. The van der Waals surface area contributed by atoms with Crippen molar-refractivity contribution in [2.75, 3.05) is 24.4 Å². The molecule has 0 aromatic heterocycles. The molecule has 0 bridgehead atoms. The molecule has 2 aromatic rings. The first kappa shape index (κ1) is 8.82. The van der Waals surface area contributed by atoms with Gasteiger partial charge in [0.25, 0.3) is 0 Å². The number of nitroso groups, excluding NO2 is 1. The van der Waals surface area contributed by atoms with Crippen molar-refractivity contribution in [3.05, 3.63) is 70.1 Å². The van der Waals surface area contributed by atoms with Gasteiger partial charge in [-0.2, -0.15) is 0 Å². The molecule has 1 unspecified atom stereocenters. The Bertz CT molecular complexity index is 842. The van der Waals surface area contributed by atoms with Crippen LogP contribution >= 0.6 is 0 Å². The molecular weight excluding hydrogens is 262 g/mol. The summed E-state index contributed by atoms with van der Waals surface area (Å²) in [6.07, 6.45) is 0.632. The first-order chi connectivity index (χ1) is 11.9. The Kier molecular flexibility index (Phi) is 2.05. The zero-order valence-corrected chi connectivity index (χ0v) is 11.4. The molecule has 1 fully saturated rings. The molecule has 106 valence electrons. The fourth-order valence-electron chi connectivity index (χ4n) is 3.09. The van der Waals surface area contributed by atoms with Crippen LogP contribution in [0.1, 0.15) is 28.2 Å². The third-order valence-electron chi connectivity index (χ3n) is 4.06. The zero-order valence-electron chi connectivity index (χ0n) is 15.4. The first-order valence-electron chi connectivity index (χ1n) is 8.92. The highest BCUT2D eigenvalue weighted by Gasteiger charge is 2.33. The maximum Gasteiger partial charge on any atom is 0.0739 e. The van der Waals surface area contributed by atoms with Crippen molar-refractivity contribution in [3.8, 4) is 0 Å². The Balaban J connectivity index is 2.00. The van der Waals surface area contributed by atoms with Gasteiger partial charge in [0.1, 0.15) is 0 Å². The van der Waals surface area contributed by atoms with Crippen LogP contribution in [0.4, 0.5) is 5.69 Å². The molecule has 2 aromatic carbocycles. The summed E-state index contributed by atoms with van der Waals surface area (Å²) in [7, 11) is 0. The van der Waals surface area contributed by atoms with E-state index in [-0.39, 0.29) is 6.54 Å². The van der Waals surface area contributed by atoms with Gasteiger partial charge < -0.3 is 4.90 Å². The molecule has 2 aliphatic rings. The van der Waals surface area contributed by atoms with Gasteiger partial charge >= 0.3 is 0 Å². The van der Waals surface area contributed by atoms with Crippen molar-refractivity contribution in [1.29, 1.82) is 0 Å². The van der Waals surface area contributed by atoms with E-state index < -0.39 is 19.0 Å². The highest BCUT2D eigenvalue weighted by molar-refractivity contribution is 5.60. The van der Waals surface area contributed by atoms with E-state index in [0.717, 1.165) is 22.4 Å². The average Bonchev–Trinajstić information content (AvgIpc) is 2.68. The molecule has 0 saturated carbocycles. The maximum absolute atomic E-state index is 11.3. The van der Waals surface area contributed by atoms with Crippen molar-refractivity contribution in [2.24, 2.45) is 5.29 Å². The van der Waals surface area contributed by atoms with Gasteiger partial charge in [-0.05, 0) is 29.2 Å². The fourth-order valence-corrected chi connectivity index (χ4v) is 3.09. The first-order valence-corrected chi connectivity index (χ1v) is 6.92. The molecule has 1 atom stereocenters. The monoisotopic (exact) mass is 283 g/mol. The lowest BCUT2D eigenvalue weighted by molar-refractivity contribution is 0.230. The van der Waals surface area contributed by atoms with E-state index in [2.05, 4.69) is 5.29 Å². The molecule has 4 heteroatoms. The predicted octanol–water partition coefficient (Wildman–Crippen LogP) is 3.14. The third kappa shape index (κ3) is 1.98. The Morgan fingerprint density at radius 1 is 1.10 bits per heavy atom. The van der Waals surface area contributed by atoms with Gasteiger partial charge in [-0.3, -0.25) is 5.01 Å². The summed E-state index contributed by atoms with van der Waals surface area (Å²) in [5, 5.41) is 3.15. The van der Waals surface area contributed by atoms with Crippen molar-refractivity contribution in [2.45, 2.75) is 12.5 Å². The second-order valence-corrected chi connectivity index (χ2v) is 5.22. The Labute approximate surface area is 129 Å². The quantitative estimate of drug-likeness (QED) is 0.754. The van der Waals surface area contributed by atoms with Gasteiger partial charge in [0.15, 0.2) is 0 Å². The van der Waals surface area contributed by atoms with Crippen LogP contribution in [0.2, 0.25) is 0 Å². The van der Waals surface area contributed by atoms with E-state index in [1.807, 2.05) is 48.5 Å². The number of hydrogen-bond donors (Lipinski definition) is 0. The Morgan fingerprint density at radius 2 is 1.86 bits per heavy atom. The molecular formula is C17H17N3O. The van der Waals surface area contributed by atoms with Gasteiger partial charge in [-0.25, -0.2) is 0 Å². The van der Waals surface area contributed by atoms with Crippen LogP contribution in [-0.2, 0) is 6.42 Å². The van der Waals surface area contributed by atoms with Gasteiger partial charge in [-0.15, -0.1) is 4.91 Å². The van der Waals surface area contributed by atoms with Gasteiger partial charge in [-0.1, -0.05) is 42.5 Å². The van der Waals surface area contributed by atoms with Crippen molar-refractivity contribution in [3.63, 3.8) is 0 Å². The molecule has 0 amide bonds. The summed E-state index contributed by atoms with van der Waals surface area (Å²) in [5.74, 6) is 0. The number of hydrogen-bond acceptors (Lipinski definition) is 3. The molecule has 0 aliphatic carbocycles. The van der Waals surface area contributed by atoms with Gasteiger partial charge in [0.2, 0.25) is 0 Å². The van der Waals surface area contributed by atoms with E-state index >= 15 is 0 Å². The van der Waals surface area contributed by atoms with Crippen LogP contribution in [0, 0.1) is 4.91 Å². The number of benzene rings is 2. The molecule has 4 nitrogen and oxygen atoms in total. The van der Waals surface area contributed by atoms with Crippen LogP contribution in [0.5, 0.6) is 0 Å². The maximum atomic E-state index is 11.3. The minimum absolute atomic E-state index is 0.145. The number of fused-ring (bicyclic) bond motifs is 5. The van der Waals surface area contributed by atoms with E-state index in [4.69, 9.17) is 5.48 Å². The lowest BCUT2D eigenvalue weighted by atomic mass is 9.96. The van der Waals surface area contributed by atoms with Crippen LogP contribution in [0.15, 0.2) is 53.8 Å². The highest BCUT2D eigenvalue weighted by Crippen LogP contribution is 2.38. The highest BCUT2D eigenvalue weighted by atomic mass is 16.3. The molecule has 0 N–H and O–H groups in total. The van der Waals surface area contributed by atoms with Crippen LogP contribution in [-0.4, -0.2) is 24.5 Å². The minimum Gasteiger partial charge on any atom is -0.361 e. The third-order valence-corrected chi connectivity index (χ3v) is 4.06. The molecule has 2 heterocycles. The second-order valence-electron chi connectivity index (χ2n) is 5.22. The Hall–Kier alpha value is -2.36. The van der Waals surface area contributed by atoms with Crippen LogP contribution in [0.3, 0.4) is 0 Å². The van der Waals surface area contributed by atoms with E-state index in [9.17, 15) is 4.91 Å². The minimum atomic E-state index is -2.29. The molecule has 0 spiro atoms. The average molecular weight is 283 g/mol. The molecule has 4 rings (SSSR count). The molecule has 21 heavy (non-hydrogen) atoms. The van der Waals surface area contributed by atoms with E-state index in [0.29, 0.717) is 11.4 Å². The summed E-state index contributed by atoms with van der Waals surface area (Å²) >= 11 is 0. The largest absolute Gasteiger partial charge is 0.361 e. The lowest BCUT2D eigenvalue weighted by Gasteiger charge is -2.40. The van der Waals surface area contributed by atoms with E-state index in [1.165, 1.54) is 0 Å². The fraction of sp³-hybridized carbons (Fsp3) is 0.294. The SMILES string of the molecule is [2H]C1([2H])CN2c3ccccc3Cc3ccccc3C2C([2H])([2H])N1N=O. The molecule has 2 aliphatic heterocycles. The van der Waals surface area contributed by atoms with Gasteiger partial charge in [0.05, 0.1) is 29.8 Å². The van der Waals surface area contributed by atoms with Crippen LogP contribution < -0.4 is 4.90 Å². The number of nitrogens with zero attached hydrogens (tertiary/aromatic N) is 3.